The second-order valence-corrected chi connectivity index (χ2v) is 7.50. The first-order valence-electron chi connectivity index (χ1n) is 9.37. The minimum absolute atomic E-state index is 0.210. The van der Waals surface area contributed by atoms with Crippen LogP contribution < -0.4 is 10.1 Å². The summed E-state index contributed by atoms with van der Waals surface area (Å²) in [6, 6.07) is 22.6. The lowest BCUT2D eigenvalue weighted by atomic mass is 10.1. The Morgan fingerprint density at radius 3 is 2.70 bits per heavy atom. The highest BCUT2D eigenvalue weighted by atomic mass is 79.9. The number of carbonyl (C=O) groups excluding carboxylic acids is 1. The largest absolute Gasteiger partial charge is 0.496 e. The van der Waals surface area contributed by atoms with Crippen molar-refractivity contribution in [1.82, 2.24) is 10.3 Å². The second-order valence-electron chi connectivity index (χ2n) is 6.58. The van der Waals surface area contributed by atoms with Crippen LogP contribution in [0, 0.1) is 0 Å². The number of hydrogen-bond donors (Lipinski definition) is 1. The van der Waals surface area contributed by atoms with E-state index >= 15 is 0 Å². The van der Waals surface area contributed by atoms with Crippen LogP contribution in [0.5, 0.6) is 5.75 Å². The number of para-hydroxylation sites is 1. The van der Waals surface area contributed by atoms with Gasteiger partial charge in [-0.05, 0) is 30.3 Å². The van der Waals surface area contributed by atoms with Gasteiger partial charge < -0.3 is 14.5 Å². The minimum atomic E-state index is -0.210. The molecule has 0 fully saturated rings. The summed E-state index contributed by atoms with van der Waals surface area (Å²) < 4.78 is 12.3. The first-order valence-corrected chi connectivity index (χ1v) is 10.2. The predicted octanol–water partition coefficient (Wildman–Crippen LogP) is 5.71. The summed E-state index contributed by atoms with van der Waals surface area (Å²) in [6.07, 6.45) is 1.67. The summed E-state index contributed by atoms with van der Waals surface area (Å²) in [7, 11) is 1.61. The van der Waals surface area contributed by atoms with Crippen molar-refractivity contribution in [3.8, 4) is 28.5 Å². The van der Waals surface area contributed by atoms with Gasteiger partial charge in [0.1, 0.15) is 5.75 Å². The lowest BCUT2D eigenvalue weighted by molar-refractivity contribution is 0.0951. The molecular weight excluding hydrogens is 444 g/mol. The summed E-state index contributed by atoms with van der Waals surface area (Å²) in [6.45, 7) is 0.353. The van der Waals surface area contributed by atoms with E-state index in [2.05, 4.69) is 26.2 Å². The first kappa shape index (κ1) is 19.9. The summed E-state index contributed by atoms with van der Waals surface area (Å²) in [4.78, 5) is 17.3. The van der Waals surface area contributed by atoms with Gasteiger partial charge >= 0.3 is 0 Å². The molecule has 0 aliphatic heterocycles. The van der Waals surface area contributed by atoms with E-state index in [1.807, 2.05) is 66.7 Å². The van der Waals surface area contributed by atoms with E-state index in [0.717, 1.165) is 21.3 Å². The Balaban J connectivity index is 1.58. The van der Waals surface area contributed by atoms with Crippen LogP contribution in [-0.4, -0.2) is 18.0 Å². The molecule has 3 aromatic carbocycles. The fourth-order valence-electron chi connectivity index (χ4n) is 3.16. The molecule has 1 amide bonds. The number of aromatic nitrogens is 1. The minimum Gasteiger partial charge on any atom is -0.496 e. The fourth-order valence-corrected chi connectivity index (χ4v) is 3.56. The highest BCUT2D eigenvalue weighted by Crippen LogP contribution is 2.29. The Bertz CT molecular complexity index is 1190. The van der Waals surface area contributed by atoms with Gasteiger partial charge in [0.25, 0.3) is 5.91 Å². The number of halogens is 1. The third kappa shape index (κ3) is 4.28. The van der Waals surface area contributed by atoms with E-state index in [-0.39, 0.29) is 5.91 Å². The first-order chi connectivity index (χ1) is 14.7. The molecule has 0 aliphatic rings. The quantitative estimate of drug-likeness (QED) is 0.398. The number of benzene rings is 3. The molecule has 0 atom stereocenters. The molecule has 0 aliphatic carbocycles. The molecule has 30 heavy (non-hydrogen) atoms. The van der Waals surface area contributed by atoms with E-state index in [9.17, 15) is 4.79 Å². The van der Waals surface area contributed by atoms with Crippen molar-refractivity contribution in [2.24, 2.45) is 0 Å². The van der Waals surface area contributed by atoms with E-state index in [1.54, 1.807) is 19.4 Å². The molecule has 0 bridgehead atoms. The molecule has 1 aromatic heterocycles. The molecule has 0 saturated carbocycles. The zero-order valence-corrected chi connectivity index (χ0v) is 17.8. The topological polar surface area (TPSA) is 64.4 Å². The normalized spacial score (nSPS) is 10.6. The number of nitrogens with one attached hydrogen (secondary N) is 1. The number of carbonyl (C=O) groups is 1. The molecule has 4 rings (SSSR count). The van der Waals surface area contributed by atoms with Gasteiger partial charge in [0.15, 0.2) is 5.76 Å². The standard InChI is InChI=1S/C24H19BrN2O3/c1-29-21-12-5-2-7-17(21)14-26-23(28)19-10-3-4-11-20(19)24-27-15-22(30-24)16-8-6-9-18(25)13-16/h2-13,15H,14H2,1H3,(H,26,28). The predicted molar refractivity (Wildman–Crippen MR) is 119 cm³/mol. The lowest BCUT2D eigenvalue weighted by Gasteiger charge is -2.11. The van der Waals surface area contributed by atoms with Crippen molar-refractivity contribution >= 4 is 21.8 Å². The maximum absolute atomic E-state index is 12.9. The number of nitrogens with zero attached hydrogens (tertiary/aromatic N) is 1. The van der Waals surface area contributed by atoms with Crippen LogP contribution in [0.2, 0.25) is 0 Å². The number of methoxy groups -OCH3 is 1. The monoisotopic (exact) mass is 462 g/mol. The average molecular weight is 463 g/mol. The maximum atomic E-state index is 12.9. The van der Waals surface area contributed by atoms with Crippen molar-refractivity contribution in [2.75, 3.05) is 7.11 Å². The molecule has 1 heterocycles. The van der Waals surface area contributed by atoms with Gasteiger partial charge in [-0.15, -0.1) is 0 Å². The second kappa shape index (κ2) is 8.97. The molecule has 1 N–H and O–H groups in total. The zero-order chi connectivity index (χ0) is 20.9. The molecule has 0 unspecified atom stereocenters. The van der Waals surface area contributed by atoms with Crippen LogP contribution in [0.1, 0.15) is 15.9 Å². The van der Waals surface area contributed by atoms with Gasteiger partial charge in [0, 0.05) is 27.7 Å². The van der Waals surface area contributed by atoms with Gasteiger partial charge in [-0.2, -0.15) is 0 Å². The molecular formula is C24H19BrN2O3. The fraction of sp³-hybridized carbons (Fsp3) is 0.0833. The molecule has 0 spiro atoms. The zero-order valence-electron chi connectivity index (χ0n) is 16.3. The van der Waals surface area contributed by atoms with Crippen LogP contribution in [0.25, 0.3) is 22.8 Å². The summed E-state index contributed by atoms with van der Waals surface area (Å²) in [5, 5.41) is 2.95. The Kier molecular flexibility index (Phi) is 5.95. The molecule has 150 valence electrons. The Labute approximate surface area is 182 Å². The number of oxazole rings is 1. The Morgan fingerprint density at radius 2 is 1.87 bits per heavy atom. The Hall–Kier alpha value is -3.38. The van der Waals surface area contributed by atoms with E-state index in [1.165, 1.54) is 0 Å². The molecule has 5 nitrogen and oxygen atoms in total. The van der Waals surface area contributed by atoms with Crippen molar-refractivity contribution in [3.63, 3.8) is 0 Å². The number of ether oxygens (including phenoxy) is 1. The molecule has 0 saturated heterocycles. The SMILES string of the molecule is COc1ccccc1CNC(=O)c1ccccc1-c1ncc(-c2cccc(Br)c2)o1. The van der Waals surface area contributed by atoms with Crippen molar-refractivity contribution in [2.45, 2.75) is 6.54 Å². The van der Waals surface area contributed by atoms with Crippen LogP contribution in [0.3, 0.4) is 0 Å². The molecule has 4 aromatic rings. The maximum Gasteiger partial charge on any atom is 0.252 e. The van der Waals surface area contributed by atoms with Gasteiger partial charge in [0.05, 0.1) is 18.9 Å². The number of amides is 1. The van der Waals surface area contributed by atoms with Crippen LogP contribution >= 0.6 is 15.9 Å². The van der Waals surface area contributed by atoms with Gasteiger partial charge in [-0.3, -0.25) is 4.79 Å². The average Bonchev–Trinajstić information content (AvgIpc) is 3.28. The van der Waals surface area contributed by atoms with Crippen LogP contribution in [0.15, 0.2) is 87.9 Å². The smallest absolute Gasteiger partial charge is 0.252 e. The summed E-state index contributed by atoms with van der Waals surface area (Å²) in [5.41, 5.74) is 2.94. The third-order valence-electron chi connectivity index (χ3n) is 4.65. The summed E-state index contributed by atoms with van der Waals surface area (Å²) in [5.74, 6) is 1.56. The van der Waals surface area contributed by atoms with Gasteiger partial charge in [-0.25, -0.2) is 4.98 Å². The lowest BCUT2D eigenvalue weighted by Crippen LogP contribution is -2.23. The van der Waals surface area contributed by atoms with Crippen molar-refractivity contribution < 1.29 is 13.9 Å². The molecule has 6 heteroatoms. The van der Waals surface area contributed by atoms with Gasteiger partial charge in [-0.1, -0.05) is 58.4 Å². The molecule has 0 radical (unpaired) electrons. The number of rotatable bonds is 6. The van der Waals surface area contributed by atoms with Crippen molar-refractivity contribution in [1.29, 1.82) is 0 Å². The van der Waals surface area contributed by atoms with E-state index < -0.39 is 0 Å². The third-order valence-corrected chi connectivity index (χ3v) is 5.14. The summed E-state index contributed by atoms with van der Waals surface area (Å²) >= 11 is 3.46. The van der Waals surface area contributed by atoms with Crippen LogP contribution in [0.4, 0.5) is 0 Å². The van der Waals surface area contributed by atoms with Crippen LogP contribution in [-0.2, 0) is 6.54 Å². The van der Waals surface area contributed by atoms with E-state index in [0.29, 0.717) is 29.3 Å². The highest BCUT2D eigenvalue weighted by Gasteiger charge is 2.17. The van der Waals surface area contributed by atoms with Gasteiger partial charge in [0.2, 0.25) is 5.89 Å². The van der Waals surface area contributed by atoms with E-state index in [4.69, 9.17) is 9.15 Å². The van der Waals surface area contributed by atoms with Crippen molar-refractivity contribution in [3.05, 3.63) is 94.6 Å². The Morgan fingerprint density at radius 1 is 1.07 bits per heavy atom. The number of hydrogen-bond acceptors (Lipinski definition) is 4. The highest BCUT2D eigenvalue weighted by molar-refractivity contribution is 9.10.